The number of unbranched alkanes of at least 4 members (excludes halogenated alkanes) is 45. The van der Waals surface area contributed by atoms with E-state index in [2.05, 4.69) is 81.5 Å². The van der Waals surface area contributed by atoms with Gasteiger partial charge in [-0.25, -0.2) is 0 Å². The first-order valence-corrected chi connectivity index (χ1v) is 35.8. The molecule has 472 valence electrons. The fourth-order valence-electron chi connectivity index (χ4n) is 10.7. The molecule has 0 aliphatic rings. The SMILES string of the molecule is CC/C=C\C/C=C\C/C=C\C/C=C\CCCCCCCCCCCCCCCCCCCCCCC(=O)OCC(COC(=O)CCCCCCCCCCCCCCCCC)OC(=O)CCCCCCC/C=C\CCCCCCCC. The molecule has 0 amide bonds. The predicted octanol–water partition coefficient (Wildman–Crippen LogP) is 24.7. The molecule has 0 aliphatic carbocycles. The first kappa shape index (κ1) is 78.1. The lowest BCUT2D eigenvalue weighted by atomic mass is 10.0. The molecule has 0 heterocycles. The molecule has 0 aliphatic heterocycles. The van der Waals surface area contributed by atoms with Gasteiger partial charge in [0.2, 0.25) is 0 Å². The van der Waals surface area contributed by atoms with E-state index >= 15 is 0 Å². The largest absolute Gasteiger partial charge is 0.462 e. The van der Waals surface area contributed by atoms with Gasteiger partial charge in [0, 0.05) is 19.3 Å². The molecule has 0 saturated heterocycles. The minimum absolute atomic E-state index is 0.0706. The average Bonchev–Trinajstić information content (AvgIpc) is 3.47. The van der Waals surface area contributed by atoms with E-state index in [1.54, 1.807) is 0 Å². The van der Waals surface area contributed by atoms with Gasteiger partial charge in [-0.15, -0.1) is 0 Å². The molecule has 0 aromatic rings. The first-order chi connectivity index (χ1) is 40.0. The van der Waals surface area contributed by atoms with E-state index in [1.165, 1.54) is 250 Å². The highest BCUT2D eigenvalue weighted by Crippen LogP contribution is 2.18. The lowest BCUT2D eigenvalue weighted by Gasteiger charge is -2.18. The van der Waals surface area contributed by atoms with Crippen molar-refractivity contribution in [1.82, 2.24) is 0 Å². The Morgan fingerprint density at radius 2 is 0.481 bits per heavy atom. The summed E-state index contributed by atoms with van der Waals surface area (Å²) >= 11 is 0. The maximum atomic E-state index is 12.9. The van der Waals surface area contributed by atoms with Gasteiger partial charge >= 0.3 is 17.9 Å². The number of hydrogen-bond acceptors (Lipinski definition) is 6. The number of ether oxygens (including phenoxy) is 3. The molecule has 6 nitrogen and oxygen atoms in total. The van der Waals surface area contributed by atoms with Gasteiger partial charge in [-0.3, -0.25) is 14.4 Å². The second kappa shape index (κ2) is 69.6. The summed E-state index contributed by atoms with van der Waals surface area (Å²) in [5.41, 5.74) is 0. The number of rotatable bonds is 66. The summed E-state index contributed by atoms with van der Waals surface area (Å²) in [5, 5.41) is 0. The minimum atomic E-state index is -0.775. The van der Waals surface area contributed by atoms with Crippen molar-refractivity contribution in [1.29, 1.82) is 0 Å². The lowest BCUT2D eigenvalue weighted by Crippen LogP contribution is -2.30. The highest BCUT2D eigenvalue weighted by molar-refractivity contribution is 5.71. The summed E-state index contributed by atoms with van der Waals surface area (Å²) in [7, 11) is 0. The zero-order valence-corrected chi connectivity index (χ0v) is 54.3. The van der Waals surface area contributed by atoms with E-state index in [-0.39, 0.29) is 31.1 Å². The van der Waals surface area contributed by atoms with E-state index < -0.39 is 6.10 Å². The van der Waals surface area contributed by atoms with Crippen LogP contribution in [-0.4, -0.2) is 37.2 Å². The summed E-state index contributed by atoms with van der Waals surface area (Å²) in [6, 6.07) is 0. The Kier molecular flexibility index (Phi) is 67.1. The van der Waals surface area contributed by atoms with E-state index in [0.29, 0.717) is 19.3 Å². The van der Waals surface area contributed by atoms with Crippen molar-refractivity contribution in [3.8, 4) is 0 Å². The monoisotopic (exact) mass is 1130 g/mol. The van der Waals surface area contributed by atoms with Crippen LogP contribution in [0.15, 0.2) is 60.8 Å². The van der Waals surface area contributed by atoms with Crippen LogP contribution >= 0.6 is 0 Å². The molecule has 0 aromatic carbocycles. The molecule has 0 fully saturated rings. The van der Waals surface area contributed by atoms with Crippen LogP contribution in [0.25, 0.3) is 0 Å². The summed E-state index contributed by atoms with van der Waals surface area (Å²) in [6.07, 6.45) is 89.7. The number of esters is 3. The first-order valence-electron chi connectivity index (χ1n) is 35.8. The van der Waals surface area contributed by atoms with Gasteiger partial charge in [0.05, 0.1) is 0 Å². The van der Waals surface area contributed by atoms with E-state index in [0.717, 1.165) is 89.9 Å². The molecule has 0 saturated carbocycles. The molecule has 0 spiro atoms. The van der Waals surface area contributed by atoms with E-state index in [1.807, 2.05) is 0 Å². The quantitative estimate of drug-likeness (QED) is 0.0261. The van der Waals surface area contributed by atoms with Crippen LogP contribution in [0.1, 0.15) is 380 Å². The predicted molar refractivity (Wildman–Crippen MR) is 353 cm³/mol. The number of carbonyl (C=O) groups excluding carboxylic acids is 3. The molecule has 0 aromatic heterocycles. The molecular weight excluding hydrogens is 997 g/mol. The molecule has 0 rings (SSSR count). The van der Waals surface area contributed by atoms with Crippen molar-refractivity contribution < 1.29 is 28.6 Å². The van der Waals surface area contributed by atoms with Gasteiger partial charge in [0.15, 0.2) is 6.10 Å². The molecule has 6 heteroatoms. The van der Waals surface area contributed by atoms with E-state index in [9.17, 15) is 14.4 Å². The molecule has 0 bridgehead atoms. The Hall–Kier alpha value is -2.89. The summed E-state index contributed by atoms with van der Waals surface area (Å²) < 4.78 is 17.0. The normalized spacial score (nSPS) is 12.4. The maximum absolute atomic E-state index is 12.9. The van der Waals surface area contributed by atoms with Crippen molar-refractivity contribution in [2.24, 2.45) is 0 Å². The van der Waals surface area contributed by atoms with Crippen molar-refractivity contribution in [2.45, 2.75) is 386 Å². The van der Waals surface area contributed by atoms with Gasteiger partial charge in [-0.2, -0.15) is 0 Å². The Bertz CT molecular complexity index is 1440. The molecule has 0 N–H and O–H groups in total. The standard InChI is InChI=1S/C75H136O6/c1-4-7-10-13-16-19-22-25-28-29-30-31-32-33-34-35-36-37-38-39-40-41-42-43-44-45-48-50-53-56-59-62-65-68-74(77)80-71-72(81-75(78)69-66-63-60-57-54-51-47-27-24-21-18-15-12-9-6-3)70-79-73(76)67-64-61-58-55-52-49-46-26-23-20-17-14-11-8-5-2/h7,10,16,19,25,27-28,30-31,47,72H,4-6,8-9,11-15,17-18,20-24,26,29,32-46,48-71H2,1-3H3/b10-7-,19-16-,28-25-,31-30-,47-27-. The number of hydrogen-bond donors (Lipinski definition) is 0. The van der Waals surface area contributed by atoms with Crippen LogP contribution in [0.3, 0.4) is 0 Å². The summed E-state index contributed by atoms with van der Waals surface area (Å²) in [5.74, 6) is -0.852. The average molecular weight is 1130 g/mol. The highest BCUT2D eigenvalue weighted by atomic mass is 16.6. The fraction of sp³-hybridized carbons (Fsp3) is 0.827. The van der Waals surface area contributed by atoms with Crippen LogP contribution in [0.5, 0.6) is 0 Å². The maximum Gasteiger partial charge on any atom is 0.306 e. The third kappa shape index (κ3) is 67.8. The van der Waals surface area contributed by atoms with Gasteiger partial charge in [0.1, 0.15) is 13.2 Å². The Morgan fingerprint density at radius 1 is 0.259 bits per heavy atom. The zero-order valence-electron chi connectivity index (χ0n) is 54.3. The number of allylic oxidation sites excluding steroid dienone is 10. The van der Waals surface area contributed by atoms with Crippen molar-refractivity contribution in [3.05, 3.63) is 60.8 Å². The second-order valence-electron chi connectivity index (χ2n) is 24.1. The Morgan fingerprint density at radius 3 is 0.765 bits per heavy atom. The topological polar surface area (TPSA) is 78.9 Å². The van der Waals surface area contributed by atoms with Gasteiger partial charge in [0.25, 0.3) is 0 Å². The fourth-order valence-corrected chi connectivity index (χ4v) is 10.7. The van der Waals surface area contributed by atoms with Crippen LogP contribution in [0.4, 0.5) is 0 Å². The number of carbonyl (C=O) groups is 3. The molecule has 0 radical (unpaired) electrons. The van der Waals surface area contributed by atoms with Gasteiger partial charge < -0.3 is 14.2 Å². The molecule has 1 atom stereocenters. The van der Waals surface area contributed by atoms with Crippen LogP contribution in [0, 0.1) is 0 Å². The summed E-state index contributed by atoms with van der Waals surface area (Å²) in [6.45, 7) is 6.58. The van der Waals surface area contributed by atoms with E-state index in [4.69, 9.17) is 14.2 Å². The Balaban J connectivity index is 4.13. The van der Waals surface area contributed by atoms with Crippen LogP contribution in [-0.2, 0) is 28.6 Å². The molecular formula is C75H136O6. The van der Waals surface area contributed by atoms with Gasteiger partial charge in [-0.05, 0) is 83.5 Å². The zero-order chi connectivity index (χ0) is 58.5. The summed E-state index contributed by atoms with van der Waals surface area (Å²) in [4.78, 5) is 38.4. The minimum Gasteiger partial charge on any atom is -0.462 e. The molecule has 1 unspecified atom stereocenters. The van der Waals surface area contributed by atoms with Crippen molar-refractivity contribution in [3.63, 3.8) is 0 Å². The van der Waals surface area contributed by atoms with Gasteiger partial charge in [-0.1, -0.05) is 338 Å². The lowest BCUT2D eigenvalue weighted by molar-refractivity contribution is -0.167. The Labute approximate surface area is 504 Å². The van der Waals surface area contributed by atoms with Crippen molar-refractivity contribution >= 4 is 17.9 Å². The third-order valence-corrected chi connectivity index (χ3v) is 16.0. The van der Waals surface area contributed by atoms with Crippen molar-refractivity contribution in [2.75, 3.05) is 13.2 Å². The molecule has 81 heavy (non-hydrogen) atoms. The van der Waals surface area contributed by atoms with Crippen LogP contribution in [0.2, 0.25) is 0 Å². The van der Waals surface area contributed by atoms with Crippen LogP contribution < -0.4 is 0 Å². The third-order valence-electron chi connectivity index (χ3n) is 16.0. The second-order valence-corrected chi connectivity index (χ2v) is 24.1. The highest BCUT2D eigenvalue weighted by Gasteiger charge is 2.19. The smallest absolute Gasteiger partial charge is 0.306 e.